The van der Waals surface area contributed by atoms with E-state index in [9.17, 15) is 4.79 Å². The molecular weight excluding hydrogens is 298 g/mol. The summed E-state index contributed by atoms with van der Waals surface area (Å²) in [6, 6.07) is 7.54. The topological polar surface area (TPSA) is 46.1 Å². The predicted molar refractivity (Wildman–Crippen MR) is 88.4 cm³/mol. The number of carbonyl (C=O) groups is 1. The van der Waals surface area contributed by atoms with Crippen LogP contribution in [0.1, 0.15) is 24.1 Å². The number of Topliss-reactive ketones (excluding diaryl/α,β-unsaturated/α-hetero) is 1. The maximum absolute atomic E-state index is 11.4. The molecule has 0 amide bonds. The summed E-state index contributed by atoms with van der Waals surface area (Å²) in [5.41, 5.74) is 2.99. The zero-order valence-corrected chi connectivity index (χ0v) is 13.5. The number of carbonyl (C=O) groups excluding carboxylic acids is 1. The van der Waals surface area contributed by atoms with Gasteiger partial charge in [0.05, 0.1) is 0 Å². The molecule has 2 aromatic rings. The highest BCUT2D eigenvalue weighted by molar-refractivity contribution is 6.30. The van der Waals surface area contributed by atoms with Gasteiger partial charge in [-0.1, -0.05) is 11.6 Å². The van der Waals surface area contributed by atoms with Crippen molar-refractivity contribution in [2.75, 3.05) is 18.0 Å². The molecule has 0 radical (unpaired) electrons. The molecule has 0 saturated carbocycles. The molecule has 0 atom stereocenters. The van der Waals surface area contributed by atoms with Crippen LogP contribution in [-0.2, 0) is 4.79 Å². The SMILES string of the molecule is Cc1nc(-c2ccc(Cl)cc2)nc(N2CCC(=O)CC2)c1C. The van der Waals surface area contributed by atoms with Crippen molar-refractivity contribution in [3.8, 4) is 11.4 Å². The first-order valence-corrected chi connectivity index (χ1v) is 7.80. The lowest BCUT2D eigenvalue weighted by Crippen LogP contribution is -2.35. The van der Waals surface area contributed by atoms with Gasteiger partial charge >= 0.3 is 0 Å². The lowest BCUT2D eigenvalue weighted by atomic mass is 10.1. The van der Waals surface area contributed by atoms with Crippen LogP contribution in [0.25, 0.3) is 11.4 Å². The number of nitrogens with zero attached hydrogens (tertiary/aromatic N) is 3. The molecule has 1 aliphatic heterocycles. The molecule has 4 nitrogen and oxygen atoms in total. The van der Waals surface area contributed by atoms with Crippen molar-refractivity contribution >= 4 is 23.2 Å². The van der Waals surface area contributed by atoms with E-state index in [1.807, 2.05) is 38.1 Å². The van der Waals surface area contributed by atoms with Crippen molar-refractivity contribution in [1.82, 2.24) is 9.97 Å². The Morgan fingerprint density at radius 2 is 1.68 bits per heavy atom. The number of piperidine rings is 1. The molecule has 114 valence electrons. The van der Waals surface area contributed by atoms with Gasteiger partial charge < -0.3 is 4.90 Å². The van der Waals surface area contributed by atoms with E-state index in [1.165, 1.54) is 0 Å². The van der Waals surface area contributed by atoms with Crippen LogP contribution < -0.4 is 4.90 Å². The zero-order valence-electron chi connectivity index (χ0n) is 12.8. The zero-order chi connectivity index (χ0) is 15.7. The third-order valence-corrected chi connectivity index (χ3v) is 4.34. The Kier molecular flexibility index (Phi) is 4.12. The van der Waals surface area contributed by atoms with E-state index >= 15 is 0 Å². The molecule has 0 spiro atoms. The second kappa shape index (κ2) is 6.05. The summed E-state index contributed by atoms with van der Waals surface area (Å²) in [5, 5.41) is 0.697. The highest BCUT2D eigenvalue weighted by atomic mass is 35.5. The fraction of sp³-hybridized carbons (Fsp3) is 0.353. The molecule has 1 aromatic heterocycles. The molecular formula is C17H18ClN3O. The maximum Gasteiger partial charge on any atom is 0.161 e. The first kappa shape index (κ1) is 15.0. The van der Waals surface area contributed by atoms with Gasteiger partial charge in [-0.25, -0.2) is 9.97 Å². The molecule has 1 saturated heterocycles. The summed E-state index contributed by atoms with van der Waals surface area (Å²) in [7, 11) is 0. The molecule has 2 heterocycles. The van der Waals surface area contributed by atoms with Crippen LogP contribution >= 0.6 is 11.6 Å². The quantitative estimate of drug-likeness (QED) is 0.849. The summed E-state index contributed by atoms with van der Waals surface area (Å²) in [6.45, 7) is 5.49. The van der Waals surface area contributed by atoms with Crippen LogP contribution in [0.15, 0.2) is 24.3 Å². The molecule has 1 fully saturated rings. The van der Waals surface area contributed by atoms with E-state index in [4.69, 9.17) is 16.6 Å². The van der Waals surface area contributed by atoms with Gasteiger partial charge in [0, 0.05) is 47.8 Å². The summed E-state index contributed by atoms with van der Waals surface area (Å²) in [4.78, 5) is 23.0. The highest BCUT2D eigenvalue weighted by Crippen LogP contribution is 2.26. The average molecular weight is 316 g/mol. The van der Waals surface area contributed by atoms with E-state index in [-0.39, 0.29) is 0 Å². The Bertz CT molecular complexity index is 703. The second-order valence-electron chi connectivity index (χ2n) is 5.61. The van der Waals surface area contributed by atoms with Crippen LogP contribution in [0.2, 0.25) is 5.02 Å². The number of anilines is 1. The maximum atomic E-state index is 11.4. The molecule has 1 aliphatic rings. The Labute approximate surface area is 135 Å². The molecule has 3 rings (SSSR count). The summed E-state index contributed by atoms with van der Waals surface area (Å²) < 4.78 is 0. The smallest absolute Gasteiger partial charge is 0.161 e. The second-order valence-corrected chi connectivity index (χ2v) is 6.05. The monoisotopic (exact) mass is 315 g/mol. The number of rotatable bonds is 2. The molecule has 0 bridgehead atoms. The largest absolute Gasteiger partial charge is 0.355 e. The number of hydrogen-bond acceptors (Lipinski definition) is 4. The third kappa shape index (κ3) is 2.97. The van der Waals surface area contributed by atoms with E-state index in [1.54, 1.807) is 0 Å². The molecule has 0 N–H and O–H groups in total. The van der Waals surface area contributed by atoms with Gasteiger partial charge in [0.15, 0.2) is 5.82 Å². The van der Waals surface area contributed by atoms with Gasteiger partial charge in [-0.15, -0.1) is 0 Å². The van der Waals surface area contributed by atoms with Gasteiger partial charge in [-0.3, -0.25) is 4.79 Å². The minimum absolute atomic E-state index is 0.331. The predicted octanol–water partition coefficient (Wildman–Crippen LogP) is 3.58. The van der Waals surface area contributed by atoms with Gasteiger partial charge in [-0.2, -0.15) is 0 Å². The normalized spacial score (nSPS) is 15.2. The van der Waals surface area contributed by atoms with Crippen molar-refractivity contribution in [3.05, 3.63) is 40.5 Å². The molecule has 0 unspecified atom stereocenters. The van der Waals surface area contributed by atoms with Crippen molar-refractivity contribution < 1.29 is 4.79 Å². The van der Waals surface area contributed by atoms with Crippen LogP contribution in [0.4, 0.5) is 5.82 Å². The first-order valence-electron chi connectivity index (χ1n) is 7.42. The number of aryl methyl sites for hydroxylation is 1. The summed E-state index contributed by atoms with van der Waals surface area (Å²) >= 11 is 5.94. The Morgan fingerprint density at radius 1 is 1.05 bits per heavy atom. The minimum atomic E-state index is 0.331. The fourth-order valence-corrected chi connectivity index (χ4v) is 2.74. The Morgan fingerprint density at radius 3 is 2.32 bits per heavy atom. The van der Waals surface area contributed by atoms with Gasteiger partial charge in [0.1, 0.15) is 11.6 Å². The summed E-state index contributed by atoms with van der Waals surface area (Å²) in [5.74, 6) is 1.97. The number of halogens is 1. The number of benzene rings is 1. The van der Waals surface area contributed by atoms with Crippen LogP contribution in [-0.4, -0.2) is 28.8 Å². The van der Waals surface area contributed by atoms with E-state index in [0.717, 1.165) is 35.7 Å². The van der Waals surface area contributed by atoms with E-state index in [0.29, 0.717) is 29.5 Å². The van der Waals surface area contributed by atoms with E-state index in [2.05, 4.69) is 9.88 Å². The van der Waals surface area contributed by atoms with Crippen LogP contribution in [0.3, 0.4) is 0 Å². The Balaban J connectivity index is 1.99. The third-order valence-electron chi connectivity index (χ3n) is 4.09. The molecule has 22 heavy (non-hydrogen) atoms. The lowest BCUT2D eigenvalue weighted by molar-refractivity contribution is -0.119. The van der Waals surface area contributed by atoms with Gasteiger partial charge in [-0.05, 0) is 38.1 Å². The van der Waals surface area contributed by atoms with Crippen LogP contribution in [0.5, 0.6) is 0 Å². The van der Waals surface area contributed by atoms with Crippen molar-refractivity contribution in [3.63, 3.8) is 0 Å². The highest BCUT2D eigenvalue weighted by Gasteiger charge is 2.21. The van der Waals surface area contributed by atoms with Gasteiger partial charge in [0.25, 0.3) is 0 Å². The molecule has 1 aromatic carbocycles. The standard InChI is InChI=1S/C17H18ClN3O/c1-11-12(2)19-16(13-3-5-14(18)6-4-13)20-17(11)21-9-7-15(22)8-10-21/h3-6H,7-10H2,1-2H3. The first-order chi connectivity index (χ1) is 10.5. The van der Waals surface area contributed by atoms with Crippen molar-refractivity contribution in [2.45, 2.75) is 26.7 Å². The number of ketones is 1. The van der Waals surface area contributed by atoms with E-state index < -0.39 is 0 Å². The van der Waals surface area contributed by atoms with Crippen molar-refractivity contribution in [1.29, 1.82) is 0 Å². The molecule has 5 heteroatoms. The Hall–Kier alpha value is -1.94. The van der Waals surface area contributed by atoms with Crippen LogP contribution in [0, 0.1) is 13.8 Å². The fourth-order valence-electron chi connectivity index (χ4n) is 2.62. The van der Waals surface area contributed by atoms with Crippen molar-refractivity contribution in [2.24, 2.45) is 0 Å². The minimum Gasteiger partial charge on any atom is -0.355 e. The molecule has 0 aliphatic carbocycles. The summed E-state index contributed by atoms with van der Waals surface area (Å²) in [6.07, 6.45) is 1.19. The lowest BCUT2D eigenvalue weighted by Gasteiger charge is -2.29. The number of hydrogen-bond donors (Lipinski definition) is 0. The van der Waals surface area contributed by atoms with Gasteiger partial charge in [0.2, 0.25) is 0 Å². The average Bonchev–Trinajstić information content (AvgIpc) is 2.52. The number of aromatic nitrogens is 2.